The number of halogens is 1. The van der Waals surface area contributed by atoms with E-state index in [-0.39, 0.29) is 6.04 Å². The summed E-state index contributed by atoms with van der Waals surface area (Å²) in [5.41, 5.74) is 8.75. The minimum atomic E-state index is 0.173. The molecule has 20 heavy (non-hydrogen) atoms. The monoisotopic (exact) mass is 324 g/mol. The Balaban J connectivity index is 2.32. The molecule has 5 heteroatoms. The lowest BCUT2D eigenvalue weighted by molar-refractivity contribution is 0.881. The van der Waals surface area contributed by atoms with Gasteiger partial charge in [0.15, 0.2) is 0 Å². The molecule has 3 N–H and O–H groups in total. The molecule has 0 saturated carbocycles. The Kier molecular flexibility index (Phi) is 4.68. The van der Waals surface area contributed by atoms with Crippen LogP contribution < -0.4 is 11.1 Å². The number of hydrogen-bond donors (Lipinski definition) is 2. The van der Waals surface area contributed by atoms with Crippen LogP contribution in [0.2, 0.25) is 5.02 Å². The maximum absolute atomic E-state index is 6.06. The summed E-state index contributed by atoms with van der Waals surface area (Å²) >= 11 is 13.0. The quantitative estimate of drug-likeness (QED) is 0.791. The normalized spacial score (nSPS) is 12.2. The molecule has 0 spiro atoms. The molecule has 1 aromatic heterocycles. The number of thiocarbonyl (C=S) groups is 1. The molecule has 0 bridgehead atoms. The number of nitrogens with two attached hydrogens (primary N) is 1. The summed E-state index contributed by atoms with van der Waals surface area (Å²) in [6, 6.07) is 7.90. The van der Waals surface area contributed by atoms with E-state index in [4.69, 9.17) is 29.6 Å². The second kappa shape index (κ2) is 6.12. The first-order chi connectivity index (χ1) is 9.38. The fraction of sp³-hybridized carbons (Fsp3) is 0.267. The average molecular weight is 325 g/mol. The van der Waals surface area contributed by atoms with Crippen LogP contribution in [0.1, 0.15) is 33.8 Å². The van der Waals surface area contributed by atoms with Crippen molar-refractivity contribution in [3.8, 4) is 0 Å². The first-order valence-electron chi connectivity index (χ1n) is 6.31. The Morgan fingerprint density at radius 2 is 2.05 bits per heavy atom. The molecule has 0 saturated heterocycles. The first kappa shape index (κ1) is 15.3. The van der Waals surface area contributed by atoms with E-state index in [1.54, 1.807) is 17.4 Å². The van der Waals surface area contributed by atoms with E-state index in [2.05, 4.69) is 32.2 Å². The summed E-state index contributed by atoms with van der Waals surface area (Å²) in [5.74, 6) is 0. The third-order valence-electron chi connectivity index (χ3n) is 3.16. The molecule has 2 rings (SSSR count). The highest BCUT2D eigenvalue weighted by Gasteiger charge is 2.14. The van der Waals surface area contributed by atoms with Gasteiger partial charge in [-0.3, -0.25) is 0 Å². The SMILES string of the molecule is Cc1cc(C(C)Nc2cc(Cl)ccc2C(N)=S)c(C)s1. The maximum Gasteiger partial charge on any atom is 0.106 e. The number of benzene rings is 1. The number of aryl methyl sites for hydroxylation is 2. The second-order valence-electron chi connectivity index (χ2n) is 4.79. The van der Waals surface area contributed by atoms with Gasteiger partial charge in [-0.1, -0.05) is 23.8 Å². The van der Waals surface area contributed by atoms with Crippen LogP contribution in [0, 0.1) is 13.8 Å². The topological polar surface area (TPSA) is 38.0 Å². The van der Waals surface area contributed by atoms with E-state index in [0.29, 0.717) is 10.0 Å². The molecule has 0 fully saturated rings. The highest BCUT2D eigenvalue weighted by atomic mass is 35.5. The lowest BCUT2D eigenvalue weighted by Crippen LogP contribution is -2.15. The molecule has 0 radical (unpaired) electrons. The van der Waals surface area contributed by atoms with Gasteiger partial charge in [-0.15, -0.1) is 11.3 Å². The van der Waals surface area contributed by atoms with Gasteiger partial charge in [0, 0.05) is 32.1 Å². The van der Waals surface area contributed by atoms with Gasteiger partial charge in [-0.2, -0.15) is 0 Å². The molecule has 1 atom stereocenters. The van der Waals surface area contributed by atoms with Gasteiger partial charge in [-0.05, 0) is 50.6 Å². The van der Waals surface area contributed by atoms with E-state index in [1.165, 1.54) is 15.3 Å². The minimum Gasteiger partial charge on any atom is -0.389 e. The molecular formula is C15H17ClN2S2. The maximum atomic E-state index is 6.06. The minimum absolute atomic E-state index is 0.173. The molecule has 0 aliphatic rings. The lowest BCUT2D eigenvalue weighted by atomic mass is 10.1. The molecule has 1 aromatic carbocycles. The molecule has 0 amide bonds. The summed E-state index contributed by atoms with van der Waals surface area (Å²) in [6.45, 7) is 6.38. The molecule has 2 aromatic rings. The van der Waals surface area contributed by atoms with Gasteiger partial charge in [0.1, 0.15) is 4.99 Å². The predicted octanol–water partition coefficient (Wildman–Crippen LogP) is 4.83. The van der Waals surface area contributed by atoms with Crippen LogP contribution in [0.5, 0.6) is 0 Å². The van der Waals surface area contributed by atoms with Crippen LogP contribution in [0.3, 0.4) is 0 Å². The third kappa shape index (κ3) is 3.32. The van der Waals surface area contributed by atoms with Gasteiger partial charge in [0.05, 0.1) is 0 Å². The molecule has 2 nitrogen and oxygen atoms in total. The number of hydrogen-bond acceptors (Lipinski definition) is 3. The molecule has 0 aliphatic heterocycles. The van der Waals surface area contributed by atoms with Crippen molar-refractivity contribution >= 4 is 45.8 Å². The van der Waals surface area contributed by atoms with Crippen molar-refractivity contribution < 1.29 is 0 Å². The van der Waals surface area contributed by atoms with E-state index < -0.39 is 0 Å². The zero-order chi connectivity index (χ0) is 14.9. The lowest BCUT2D eigenvalue weighted by Gasteiger charge is -2.18. The largest absolute Gasteiger partial charge is 0.389 e. The summed E-state index contributed by atoms with van der Waals surface area (Å²) in [7, 11) is 0. The van der Waals surface area contributed by atoms with Crippen LogP contribution in [0.25, 0.3) is 0 Å². The van der Waals surface area contributed by atoms with Crippen molar-refractivity contribution in [1.82, 2.24) is 0 Å². The van der Waals surface area contributed by atoms with Gasteiger partial charge < -0.3 is 11.1 Å². The number of anilines is 1. The molecule has 1 unspecified atom stereocenters. The molecule has 106 valence electrons. The van der Waals surface area contributed by atoms with Crippen LogP contribution >= 0.6 is 35.2 Å². The molecule has 0 aliphatic carbocycles. The van der Waals surface area contributed by atoms with Gasteiger partial charge in [-0.25, -0.2) is 0 Å². The van der Waals surface area contributed by atoms with Crippen LogP contribution in [-0.4, -0.2) is 4.99 Å². The van der Waals surface area contributed by atoms with Gasteiger partial charge in [0.2, 0.25) is 0 Å². The standard InChI is InChI=1S/C15H17ClN2S2/c1-8-6-13(10(3)20-8)9(2)18-14-7-11(16)4-5-12(14)15(17)19/h4-7,9,18H,1-3H3,(H2,17,19). The summed E-state index contributed by atoms with van der Waals surface area (Å²) in [4.78, 5) is 3.00. The average Bonchev–Trinajstić information content (AvgIpc) is 2.68. The van der Waals surface area contributed by atoms with E-state index in [1.807, 2.05) is 12.1 Å². The Hall–Kier alpha value is -1.10. The fourth-order valence-electron chi connectivity index (χ4n) is 2.24. The number of thiophene rings is 1. The van der Waals surface area contributed by atoms with Crippen molar-refractivity contribution in [1.29, 1.82) is 0 Å². The molecular weight excluding hydrogens is 308 g/mol. The highest BCUT2D eigenvalue weighted by molar-refractivity contribution is 7.80. The predicted molar refractivity (Wildman–Crippen MR) is 93.2 cm³/mol. The van der Waals surface area contributed by atoms with Gasteiger partial charge in [0.25, 0.3) is 0 Å². The Morgan fingerprint density at radius 1 is 1.35 bits per heavy atom. The zero-order valence-corrected chi connectivity index (χ0v) is 14.0. The van der Waals surface area contributed by atoms with Crippen LogP contribution in [0.15, 0.2) is 24.3 Å². The Morgan fingerprint density at radius 3 is 2.60 bits per heavy atom. The Bertz CT molecular complexity index is 649. The molecule has 1 heterocycles. The smallest absolute Gasteiger partial charge is 0.106 e. The van der Waals surface area contributed by atoms with Crippen molar-refractivity contribution in [3.05, 3.63) is 50.2 Å². The third-order valence-corrected chi connectivity index (χ3v) is 4.60. The van der Waals surface area contributed by atoms with E-state index in [9.17, 15) is 0 Å². The van der Waals surface area contributed by atoms with E-state index in [0.717, 1.165) is 11.3 Å². The first-order valence-corrected chi connectivity index (χ1v) is 7.91. The number of nitrogens with one attached hydrogen (secondary N) is 1. The van der Waals surface area contributed by atoms with Crippen molar-refractivity contribution in [2.45, 2.75) is 26.8 Å². The number of rotatable bonds is 4. The van der Waals surface area contributed by atoms with Crippen molar-refractivity contribution in [2.75, 3.05) is 5.32 Å². The Labute approximate surface area is 134 Å². The van der Waals surface area contributed by atoms with Gasteiger partial charge >= 0.3 is 0 Å². The van der Waals surface area contributed by atoms with Crippen molar-refractivity contribution in [3.63, 3.8) is 0 Å². The van der Waals surface area contributed by atoms with Crippen LogP contribution in [0.4, 0.5) is 5.69 Å². The van der Waals surface area contributed by atoms with Crippen molar-refractivity contribution in [2.24, 2.45) is 5.73 Å². The zero-order valence-electron chi connectivity index (χ0n) is 11.7. The second-order valence-corrected chi connectivity index (χ2v) is 7.13. The summed E-state index contributed by atoms with van der Waals surface area (Å²) in [6.07, 6.45) is 0. The summed E-state index contributed by atoms with van der Waals surface area (Å²) < 4.78 is 0. The van der Waals surface area contributed by atoms with E-state index >= 15 is 0 Å². The summed E-state index contributed by atoms with van der Waals surface area (Å²) in [5, 5.41) is 4.12. The highest BCUT2D eigenvalue weighted by Crippen LogP contribution is 2.30. The van der Waals surface area contributed by atoms with Crippen LogP contribution in [-0.2, 0) is 0 Å². The fourth-order valence-corrected chi connectivity index (χ4v) is 3.61.